The lowest BCUT2D eigenvalue weighted by molar-refractivity contribution is 0.0698. The first kappa shape index (κ1) is 24.8. The second-order valence-corrected chi connectivity index (χ2v) is 8.47. The van der Waals surface area contributed by atoms with Crippen molar-refractivity contribution in [1.82, 2.24) is 0 Å². The van der Waals surface area contributed by atoms with Crippen molar-refractivity contribution in [3.05, 3.63) is 85.2 Å². The van der Waals surface area contributed by atoms with Gasteiger partial charge in [0.15, 0.2) is 11.3 Å². The zero-order valence-corrected chi connectivity index (χ0v) is 20.5. The van der Waals surface area contributed by atoms with E-state index >= 15 is 4.39 Å². The zero-order valence-electron chi connectivity index (χ0n) is 18.2. The first-order chi connectivity index (χ1) is 16.7. The van der Waals surface area contributed by atoms with Crippen molar-refractivity contribution in [2.75, 3.05) is 0 Å². The van der Waals surface area contributed by atoms with Crippen molar-refractivity contribution in [2.45, 2.75) is 13.8 Å². The van der Waals surface area contributed by atoms with Crippen molar-refractivity contribution in [3.8, 4) is 28.2 Å². The molecule has 5 rings (SSSR count). The molecular weight excluding hydrogens is 518 g/mol. The standard InChI is InChI=1S/C24H10Cl3FO5.C2H6/c25-12-5-6-13(26)20(24(31)32)19(12)17-11-7-14(27)15(29)8-16(11)33-23-18(17)9-3-1-2-4-10(9)22(30)21(23)28;1-2/h1-8,30H,(H,31,32);1-2H3. The summed E-state index contributed by atoms with van der Waals surface area (Å²) in [5.41, 5.74) is -0.936. The number of hydrogen-bond acceptors (Lipinski definition) is 4. The molecule has 1 aliphatic heterocycles. The Balaban J connectivity index is 0.00000141. The van der Waals surface area contributed by atoms with Gasteiger partial charge in [-0.2, -0.15) is 4.39 Å². The molecule has 0 bridgehead atoms. The van der Waals surface area contributed by atoms with E-state index in [4.69, 9.17) is 39.2 Å². The van der Waals surface area contributed by atoms with E-state index in [1.807, 2.05) is 13.8 Å². The van der Waals surface area contributed by atoms with E-state index in [0.717, 1.165) is 6.07 Å². The van der Waals surface area contributed by atoms with Gasteiger partial charge in [-0.25, -0.2) is 4.79 Å². The Morgan fingerprint density at radius 1 is 0.914 bits per heavy atom. The predicted molar refractivity (Wildman–Crippen MR) is 137 cm³/mol. The van der Waals surface area contributed by atoms with Gasteiger partial charge in [0.25, 0.3) is 0 Å². The summed E-state index contributed by atoms with van der Waals surface area (Å²) in [6, 6.07) is 11.5. The monoisotopic (exact) mass is 532 g/mol. The van der Waals surface area contributed by atoms with Crippen molar-refractivity contribution in [2.24, 2.45) is 0 Å². The number of phenols is 1. The maximum absolute atomic E-state index is 15.3. The van der Waals surface area contributed by atoms with Gasteiger partial charge in [0.2, 0.25) is 11.2 Å². The van der Waals surface area contributed by atoms with E-state index in [-0.39, 0.29) is 59.4 Å². The highest BCUT2D eigenvalue weighted by atomic mass is 35.5. The summed E-state index contributed by atoms with van der Waals surface area (Å²) in [7, 11) is 0. The lowest BCUT2D eigenvalue weighted by atomic mass is 9.88. The largest absolute Gasteiger partial charge is 0.504 e. The van der Waals surface area contributed by atoms with Crippen molar-refractivity contribution in [1.29, 1.82) is 0 Å². The summed E-state index contributed by atoms with van der Waals surface area (Å²) in [4.78, 5) is 24.4. The van der Waals surface area contributed by atoms with Gasteiger partial charge in [-0.15, -0.1) is 0 Å². The molecule has 0 saturated carbocycles. The van der Waals surface area contributed by atoms with Gasteiger partial charge < -0.3 is 14.6 Å². The van der Waals surface area contributed by atoms with Crippen molar-refractivity contribution >= 4 is 62.5 Å². The van der Waals surface area contributed by atoms with Crippen LogP contribution in [0.5, 0.6) is 5.75 Å². The number of carbonyl (C=O) groups is 1. The van der Waals surface area contributed by atoms with Gasteiger partial charge in [0.05, 0.1) is 15.6 Å². The molecule has 35 heavy (non-hydrogen) atoms. The van der Waals surface area contributed by atoms with Crippen LogP contribution in [0.4, 0.5) is 4.39 Å². The predicted octanol–water partition coefficient (Wildman–Crippen LogP) is 8.25. The van der Waals surface area contributed by atoms with Crippen molar-refractivity contribution in [3.63, 3.8) is 0 Å². The quantitative estimate of drug-likeness (QED) is 0.176. The lowest BCUT2D eigenvalue weighted by Gasteiger charge is -2.20. The minimum Gasteiger partial charge on any atom is -0.504 e. The maximum atomic E-state index is 15.3. The van der Waals surface area contributed by atoms with E-state index < -0.39 is 23.0 Å². The first-order valence-corrected chi connectivity index (χ1v) is 11.5. The van der Waals surface area contributed by atoms with Crippen LogP contribution >= 0.6 is 34.8 Å². The summed E-state index contributed by atoms with van der Waals surface area (Å²) in [6.45, 7) is 4.00. The Morgan fingerprint density at radius 3 is 2.20 bits per heavy atom. The average Bonchev–Trinajstić information content (AvgIpc) is 2.84. The molecule has 0 radical (unpaired) electrons. The molecule has 5 nitrogen and oxygen atoms in total. The first-order valence-electron chi connectivity index (χ1n) is 10.4. The fraction of sp³-hybridized carbons (Fsp3) is 0.0769. The SMILES string of the molecule is CC.O=C(O)c1c(Cl)ccc(Cl)c1-c1c2cc(Cl)c(=O)cc-2oc2c(F)c(O)c3ccccc3c12. The van der Waals surface area contributed by atoms with Crippen LogP contribution in [-0.4, -0.2) is 16.2 Å². The number of benzene rings is 4. The molecule has 0 amide bonds. The minimum absolute atomic E-state index is 0.00701. The number of halogens is 4. The zero-order chi connectivity index (χ0) is 25.6. The van der Waals surface area contributed by atoms with Gasteiger partial charge >= 0.3 is 5.97 Å². The van der Waals surface area contributed by atoms with Crippen LogP contribution in [0.1, 0.15) is 24.2 Å². The van der Waals surface area contributed by atoms with E-state index in [0.29, 0.717) is 5.39 Å². The molecule has 0 aromatic heterocycles. The maximum Gasteiger partial charge on any atom is 0.337 e. The molecular formula is C26H16Cl3FO5. The third-order valence-electron chi connectivity index (χ3n) is 5.42. The number of carboxylic acids is 1. The molecule has 178 valence electrons. The lowest BCUT2D eigenvalue weighted by Crippen LogP contribution is -2.06. The van der Waals surface area contributed by atoms with Crippen LogP contribution in [0.3, 0.4) is 0 Å². The average molecular weight is 534 g/mol. The number of aromatic hydroxyl groups is 1. The van der Waals surface area contributed by atoms with E-state index in [9.17, 15) is 19.8 Å². The molecule has 0 unspecified atom stereocenters. The number of aromatic carboxylic acids is 1. The Hall–Kier alpha value is -3.32. The second kappa shape index (κ2) is 9.38. The highest BCUT2D eigenvalue weighted by molar-refractivity contribution is 6.39. The summed E-state index contributed by atoms with van der Waals surface area (Å²) in [5.74, 6) is -3.18. The topological polar surface area (TPSA) is 87.7 Å². The minimum atomic E-state index is -1.37. The highest BCUT2D eigenvalue weighted by Gasteiger charge is 2.29. The number of hydrogen-bond donors (Lipinski definition) is 2. The summed E-state index contributed by atoms with van der Waals surface area (Å²) >= 11 is 18.8. The van der Waals surface area contributed by atoms with Crippen LogP contribution in [0.25, 0.3) is 44.2 Å². The molecule has 0 atom stereocenters. The molecule has 9 heteroatoms. The van der Waals surface area contributed by atoms with Gasteiger partial charge in [0.1, 0.15) is 5.76 Å². The highest BCUT2D eigenvalue weighted by Crippen LogP contribution is 2.49. The summed E-state index contributed by atoms with van der Waals surface area (Å²) in [6.07, 6.45) is 0. The fourth-order valence-electron chi connectivity index (χ4n) is 4.03. The fourth-order valence-corrected chi connectivity index (χ4v) is 4.69. The van der Waals surface area contributed by atoms with Gasteiger partial charge in [-0.1, -0.05) is 72.9 Å². The third-order valence-corrected chi connectivity index (χ3v) is 6.34. The molecule has 3 aromatic carbocycles. The van der Waals surface area contributed by atoms with Gasteiger partial charge in [-0.3, -0.25) is 4.79 Å². The van der Waals surface area contributed by atoms with Crippen molar-refractivity contribution < 1.29 is 23.8 Å². The van der Waals surface area contributed by atoms with Crippen LogP contribution in [0.15, 0.2) is 57.7 Å². The summed E-state index contributed by atoms with van der Waals surface area (Å²) in [5, 5.41) is 20.8. The molecule has 1 heterocycles. The Bertz CT molecular complexity index is 1680. The van der Waals surface area contributed by atoms with Crippen LogP contribution in [-0.2, 0) is 0 Å². The van der Waals surface area contributed by atoms with Gasteiger partial charge in [-0.05, 0) is 23.6 Å². The van der Waals surface area contributed by atoms with E-state index in [1.54, 1.807) is 18.2 Å². The molecule has 0 saturated heterocycles. The Kier molecular flexibility index (Phi) is 6.64. The molecule has 2 N–H and O–H groups in total. The number of carboxylic acid groups (broad SMARTS) is 1. The van der Waals surface area contributed by atoms with Crippen LogP contribution < -0.4 is 5.43 Å². The van der Waals surface area contributed by atoms with E-state index in [2.05, 4.69) is 0 Å². The smallest absolute Gasteiger partial charge is 0.337 e. The number of rotatable bonds is 2. The van der Waals surface area contributed by atoms with Crippen LogP contribution in [0.2, 0.25) is 15.1 Å². The number of phenolic OH excluding ortho intramolecular Hbond substituents is 1. The Labute approximate surface area is 213 Å². The number of fused-ring (bicyclic) bond motifs is 4. The molecule has 0 fully saturated rings. The third kappa shape index (κ3) is 3.88. The summed E-state index contributed by atoms with van der Waals surface area (Å²) < 4.78 is 21.1. The molecule has 3 aromatic rings. The van der Waals surface area contributed by atoms with Gasteiger partial charge in [0, 0.05) is 38.6 Å². The van der Waals surface area contributed by atoms with Crippen LogP contribution in [0, 0.1) is 5.82 Å². The normalized spacial score (nSPS) is 11.0. The molecule has 2 aliphatic rings. The second-order valence-electron chi connectivity index (χ2n) is 7.25. The molecule has 0 spiro atoms. The Morgan fingerprint density at radius 2 is 1.54 bits per heavy atom. The molecule has 1 aliphatic carbocycles. The van der Waals surface area contributed by atoms with E-state index in [1.165, 1.54) is 24.3 Å².